The standard InChI is InChI=1S/C21H26N4O3/c26-17-5-4-15(19(27)24-17)25-12-14-3-1-2-13(18(14)20(25)28)11-23-16-10-21(16)6-8-22-9-7-21/h1-3,15-16,22-23H,4-12H2,(H,24,26,27). The molecular formula is C21H26N4O3. The number of piperidine rings is 2. The quantitative estimate of drug-likeness (QED) is 0.667. The molecule has 3 fully saturated rings. The average molecular weight is 382 g/mol. The van der Waals surface area contributed by atoms with Crippen molar-refractivity contribution >= 4 is 17.7 Å². The Hall–Kier alpha value is -2.25. The van der Waals surface area contributed by atoms with Gasteiger partial charge in [-0.3, -0.25) is 19.7 Å². The lowest BCUT2D eigenvalue weighted by atomic mass is 9.94. The Morgan fingerprint density at radius 2 is 2.00 bits per heavy atom. The Balaban J connectivity index is 1.29. The first kappa shape index (κ1) is 17.8. The summed E-state index contributed by atoms with van der Waals surface area (Å²) in [7, 11) is 0. The molecule has 3 N–H and O–H groups in total. The third-order valence-electron chi connectivity index (χ3n) is 6.97. The van der Waals surface area contributed by atoms with Crippen LogP contribution in [0.2, 0.25) is 0 Å². The number of imide groups is 1. The van der Waals surface area contributed by atoms with Crippen molar-refractivity contribution in [3.63, 3.8) is 0 Å². The second kappa shape index (κ2) is 6.67. The number of hydrogen-bond acceptors (Lipinski definition) is 5. The van der Waals surface area contributed by atoms with Gasteiger partial charge in [-0.25, -0.2) is 0 Å². The zero-order chi connectivity index (χ0) is 19.3. The molecule has 7 heteroatoms. The van der Waals surface area contributed by atoms with Crippen LogP contribution in [-0.2, 0) is 22.7 Å². The van der Waals surface area contributed by atoms with Crippen LogP contribution in [0.25, 0.3) is 0 Å². The maximum absolute atomic E-state index is 13.1. The lowest BCUT2D eigenvalue weighted by Crippen LogP contribution is -2.52. The van der Waals surface area contributed by atoms with Crippen molar-refractivity contribution in [1.29, 1.82) is 0 Å². The van der Waals surface area contributed by atoms with Crippen LogP contribution in [0.4, 0.5) is 0 Å². The second-order valence-electron chi connectivity index (χ2n) is 8.60. The summed E-state index contributed by atoms with van der Waals surface area (Å²) in [6, 6.07) is 5.95. The van der Waals surface area contributed by atoms with Gasteiger partial charge in [-0.05, 0) is 55.3 Å². The van der Waals surface area contributed by atoms with Gasteiger partial charge in [-0.15, -0.1) is 0 Å². The van der Waals surface area contributed by atoms with Gasteiger partial charge in [0.2, 0.25) is 11.8 Å². The molecule has 1 spiro atoms. The predicted octanol–water partition coefficient (Wildman–Crippen LogP) is 0.679. The molecule has 148 valence electrons. The molecule has 3 heterocycles. The Morgan fingerprint density at radius 3 is 2.79 bits per heavy atom. The lowest BCUT2D eigenvalue weighted by molar-refractivity contribution is -0.136. The summed E-state index contributed by atoms with van der Waals surface area (Å²) >= 11 is 0. The van der Waals surface area contributed by atoms with Gasteiger partial charge in [0.05, 0.1) is 0 Å². The molecule has 0 bridgehead atoms. The SMILES string of the molecule is O=C1CCC(N2Cc3cccc(CNC4CC45CCNCC5)c3C2=O)C(=O)N1. The number of amides is 3. The maximum Gasteiger partial charge on any atom is 0.255 e. The van der Waals surface area contributed by atoms with Gasteiger partial charge < -0.3 is 15.5 Å². The number of fused-ring (bicyclic) bond motifs is 1. The smallest absolute Gasteiger partial charge is 0.255 e. The van der Waals surface area contributed by atoms with Gasteiger partial charge in [-0.1, -0.05) is 18.2 Å². The van der Waals surface area contributed by atoms with E-state index in [-0.39, 0.29) is 24.1 Å². The minimum Gasteiger partial charge on any atom is -0.322 e. The third kappa shape index (κ3) is 2.93. The van der Waals surface area contributed by atoms with E-state index in [9.17, 15) is 14.4 Å². The van der Waals surface area contributed by atoms with Crippen molar-refractivity contribution in [2.45, 2.75) is 57.3 Å². The topological polar surface area (TPSA) is 90.5 Å². The third-order valence-corrected chi connectivity index (χ3v) is 6.97. The fourth-order valence-corrected chi connectivity index (χ4v) is 5.18. The molecule has 4 aliphatic rings. The number of benzene rings is 1. The van der Waals surface area contributed by atoms with Crippen LogP contribution in [0.3, 0.4) is 0 Å². The van der Waals surface area contributed by atoms with Crippen LogP contribution >= 0.6 is 0 Å². The molecule has 0 aromatic heterocycles. The number of nitrogens with zero attached hydrogens (tertiary/aromatic N) is 1. The second-order valence-corrected chi connectivity index (χ2v) is 8.60. The molecule has 7 nitrogen and oxygen atoms in total. The van der Waals surface area contributed by atoms with Crippen LogP contribution in [0, 0.1) is 5.41 Å². The summed E-state index contributed by atoms with van der Waals surface area (Å²) in [6.45, 7) is 3.31. The normalized spacial score (nSPS) is 28.4. The molecule has 28 heavy (non-hydrogen) atoms. The van der Waals surface area contributed by atoms with E-state index in [0.29, 0.717) is 31.0 Å². The lowest BCUT2D eigenvalue weighted by Gasteiger charge is -2.29. The highest BCUT2D eigenvalue weighted by Gasteiger charge is 2.53. The molecular weight excluding hydrogens is 356 g/mol. The molecule has 2 atom stereocenters. The monoisotopic (exact) mass is 382 g/mol. The number of carbonyl (C=O) groups excluding carboxylic acids is 3. The summed E-state index contributed by atoms with van der Waals surface area (Å²) in [5, 5.41) is 9.46. The minimum atomic E-state index is -0.556. The number of carbonyl (C=O) groups is 3. The van der Waals surface area contributed by atoms with Crippen LogP contribution < -0.4 is 16.0 Å². The van der Waals surface area contributed by atoms with E-state index >= 15 is 0 Å². The molecule has 5 rings (SSSR count). The predicted molar refractivity (Wildman–Crippen MR) is 102 cm³/mol. The van der Waals surface area contributed by atoms with E-state index in [1.807, 2.05) is 18.2 Å². The molecule has 3 amide bonds. The number of nitrogens with one attached hydrogen (secondary N) is 3. The van der Waals surface area contributed by atoms with Crippen molar-refractivity contribution in [3.05, 3.63) is 34.9 Å². The first-order chi connectivity index (χ1) is 13.6. The highest BCUT2D eigenvalue weighted by molar-refractivity contribution is 6.05. The molecule has 2 saturated heterocycles. The molecule has 1 aliphatic carbocycles. The maximum atomic E-state index is 13.1. The average Bonchev–Trinajstić information content (AvgIpc) is 3.23. The van der Waals surface area contributed by atoms with Crippen molar-refractivity contribution < 1.29 is 14.4 Å². The van der Waals surface area contributed by atoms with Crippen molar-refractivity contribution in [3.8, 4) is 0 Å². The van der Waals surface area contributed by atoms with Gasteiger partial charge in [0.15, 0.2) is 0 Å². The first-order valence-corrected chi connectivity index (χ1v) is 10.3. The Morgan fingerprint density at radius 1 is 1.18 bits per heavy atom. The molecule has 2 unspecified atom stereocenters. The summed E-state index contributed by atoms with van der Waals surface area (Å²) in [6.07, 6.45) is 4.35. The van der Waals surface area contributed by atoms with E-state index in [2.05, 4.69) is 16.0 Å². The fourth-order valence-electron chi connectivity index (χ4n) is 5.18. The highest BCUT2D eigenvalue weighted by atomic mass is 16.2. The van der Waals surface area contributed by atoms with Crippen LogP contribution in [0.15, 0.2) is 18.2 Å². The van der Waals surface area contributed by atoms with E-state index in [1.54, 1.807) is 4.90 Å². The van der Waals surface area contributed by atoms with Gasteiger partial charge in [0.1, 0.15) is 6.04 Å². The van der Waals surface area contributed by atoms with Crippen LogP contribution in [-0.4, -0.2) is 47.8 Å². The zero-order valence-corrected chi connectivity index (χ0v) is 15.9. The summed E-state index contributed by atoms with van der Waals surface area (Å²) in [5.41, 5.74) is 3.17. The van der Waals surface area contributed by atoms with Gasteiger partial charge in [0, 0.05) is 31.1 Å². The number of hydrogen-bond donors (Lipinski definition) is 3. The van der Waals surface area contributed by atoms with Gasteiger partial charge in [-0.2, -0.15) is 0 Å². The largest absolute Gasteiger partial charge is 0.322 e. The zero-order valence-electron chi connectivity index (χ0n) is 15.9. The van der Waals surface area contributed by atoms with Crippen LogP contribution in [0.1, 0.15) is 53.6 Å². The van der Waals surface area contributed by atoms with Gasteiger partial charge >= 0.3 is 0 Å². The van der Waals surface area contributed by atoms with E-state index < -0.39 is 6.04 Å². The molecule has 1 aromatic carbocycles. The molecule has 1 aromatic rings. The van der Waals surface area contributed by atoms with E-state index in [0.717, 1.165) is 29.8 Å². The minimum absolute atomic E-state index is 0.0886. The van der Waals surface area contributed by atoms with E-state index in [4.69, 9.17) is 0 Å². The van der Waals surface area contributed by atoms with Crippen LogP contribution in [0.5, 0.6) is 0 Å². The van der Waals surface area contributed by atoms with Crippen molar-refractivity contribution in [1.82, 2.24) is 20.9 Å². The molecule has 3 aliphatic heterocycles. The first-order valence-electron chi connectivity index (χ1n) is 10.3. The fraction of sp³-hybridized carbons (Fsp3) is 0.571. The summed E-state index contributed by atoms with van der Waals surface area (Å²) in [4.78, 5) is 38.4. The van der Waals surface area contributed by atoms with Crippen molar-refractivity contribution in [2.24, 2.45) is 5.41 Å². The highest BCUT2D eigenvalue weighted by Crippen LogP contribution is 2.52. The Labute approximate surface area is 164 Å². The van der Waals surface area contributed by atoms with E-state index in [1.165, 1.54) is 19.3 Å². The number of rotatable bonds is 4. The molecule has 1 saturated carbocycles. The Kier molecular flexibility index (Phi) is 4.25. The Bertz CT molecular complexity index is 846. The van der Waals surface area contributed by atoms with Crippen molar-refractivity contribution in [2.75, 3.05) is 13.1 Å². The summed E-state index contributed by atoms with van der Waals surface area (Å²) < 4.78 is 0. The van der Waals surface area contributed by atoms with Gasteiger partial charge in [0.25, 0.3) is 5.91 Å². The summed E-state index contributed by atoms with van der Waals surface area (Å²) in [5.74, 6) is -0.705. The molecule has 0 radical (unpaired) electrons.